The summed E-state index contributed by atoms with van der Waals surface area (Å²) >= 11 is 1.39. The van der Waals surface area contributed by atoms with Crippen LogP contribution in [0.1, 0.15) is 25.0 Å². The maximum atomic E-state index is 13.3. The first kappa shape index (κ1) is 27.0. The van der Waals surface area contributed by atoms with Crippen LogP contribution in [-0.2, 0) is 16.1 Å². The number of hydrogen-bond donors (Lipinski definition) is 0. The van der Waals surface area contributed by atoms with E-state index in [0.29, 0.717) is 41.2 Å². The third-order valence-electron chi connectivity index (χ3n) is 6.78. The Hall–Kier alpha value is -4.21. The normalized spacial score (nSPS) is 20.0. The second kappa shape index (κ2) is 11.7. The summed E-state index contributed by atoms with van der Waals surface area (Å²) in [5.41, 5.74) is 4.12. The van der Waals surface area contributed by atoms with Crippen molar-refractivity contribution in [2.75, 3.05) is 13.1 Å². The predicted molar refractivity (Wildman–Crippen MR) is 159 cm³/mol. The first-order valence-corrected chi connectivity index (χ1v) is 14.3. The highest BCUT2D eigenvalue weighted by molar-refractivity contribution is 8.18. The lowest BCUT2D eigenvalue weighted by Crippen LogP contribution is -2.47. The van der Waals surface area contributed by atoms with Crippen molar-refractivity contribution in [2.24, 2.45) is 4.99 Å². The maximum Gasteiger partial charge on any atom is 0.286 e. The Morgan fingerprint density at radius 1 is 1.02 bits per heavy atom. The van der Waals surface area contributed by atoms with Crippen LogP contribution in [0.4, 0.5) is 4.39 Å². The molecule has 0 spiro atoms. The van der Waals surface area contributed by atoms with Crippen molar-refractivity contribution in [3.8, 4) is 22.7 Å². The molecule has 9 heteroatoms. The standard InChI is InChI=1S/C32H29FN4O3S/c1-21-17-36(18-22(2)40-21)32-34-31(38)29(41-32)16-25-19-37(27-8-4-3-5-9-27)35-30(25)24-7-6-10-28(15-24)39-20-23-11-13-26(33)14-12-23/h3-16,19,21-22H,17-18,20H2,1-2H3. The van der Waals surface area contributed by atoms with Gasteiger partial charge in [-0.05, 0) is 73.6 Å². The lowest BCUT2D eigenvalue weighted by molar-refractivity contribution is -0.113. The number of nitrogens with zero attached hydrogens (tertiary/aromatic N) is 4. The third-order valence-corrected chi connectivity index (χ3v) is 7.82. The number of hydrogen-bond acceptors (Lipinski definition) is 6. The van der Waals surface area contributed by atoms with Crippen molar-refractivity contribution in [1.82, 2.24) is 14.7 Å². The van der Waals surface area contributed by atoms with Gasteiger partial charge in [0.15, 0.2) is 5.17 Å². The van der Waals surface area contributed by atoms with Gasteiger partial charge in [0.2, 0.25) is 0 Å². The molecule has 41 heavy (non-hydrogen) atoms. The Morgan fingerprint density at radius 2 is 1.78 bits per heavy atom. The molecule has 1 aromatic heterocycles. The number of aliphatic imine (C=N–C) groups is 1. The summed E-state index contributed by atoms with van der Waals surface area (Å²) < 4.78 is 26.9. The fourth-order valence-electron chi connectivity index (χ4n) is 4.92. The van der Waals surface area contributed by atoms with Crippen LogP contribution >= 0.6 is 11.8 Å². The molecule has 3 aromatic carbocycles. The molecule has 0 N–H and O–H groups in total. The van der Waals surface area contributed by atoms with E-state index in [2.05, 4.69) is 9.89 Å². The van der Waals surface area contributed by atoms with E-state index < -0.39 is 0 Å². The number of thioether (sulfide) groups is 1. The molecule has 208 valence electrons. The minimum Gasteiger partial charge on any atom is -0.489 e. The number of morpholine rings is 1. The zero-order valence-corrected chi connectivity index (χ0v) is 23.6. The van der Waals surface area contributed by atoms with E-state index in [1.807, 2.05) is 85.4 Å². The lowest BCUT2D eigenvalue weighted by atomic mass is 10.1. The zero-order chi connectivity index (χ0) is 28.3. The third kappa shape index (κ3) is 6.26. The number of halogens is 1. The molecule has 0 saturated carbocycles. The van der Waals surface area contributed by atoms with Gasteiger partial charge in [-0.15, -0.1) is 0 Å². The number of amidine groups is 1. The number of ether oxygens (including phenoxy) is 2. The van der Waals surface area contributed by atoms with Gasteiger partial charge in [-0.2, -0.15) is 10.1 Å². The summed E-state index contributed by atoms with van der Waals surface area (Å²) in [4.78, 5) is 20.0. The molecular weight excluding hydrogens is 539 g/mol. The van der Waals surface area contributed by atoms with Crippen molar-refractivity contribution >= 4 is 28.9 Å². The van der Waals surface area contributed by atoms with E-state index in [1.54, 1.807) is 12.1 Å². The molecule has 0 radical (unpaired) electrons. The van der Waals surface area contributed by atoms with Crippen LogP contribution < -0.4 is 4.74 Å². The molecule has 0 aliphatic carbocycles. The number of amides is 1. The summed E-state index contributed by atoms with van der Waals surface area (Å²) in [6.45, 7) is 5.76. The van der Waals surface area contributed by atoms with Crippen LogP contribution in [0.3, 0.4) is 0 Å². The summed E-state index contributed by atoms with van der Waals surface area (Å²) in [5.74, 6) is 0.121. The molecular formula is C32H29FN4O3S. The molecule has 1 fully saturated rings. The molecule has 4 aromatic rings. The van der Waals surface area contributed by atoms with Gasteiger partial charge in [-0.3, -0.25) is 4.79 Å². The lowest BCUT2D eigenvalue weighted by Gasteiger charge is -2.35. The largest absolute Gasteiger partial charge is 0.489 e. The average Bonchev–Trinajstić information content (AvgIpc) is 3.56. The van der Waals surface area contributed by atoms with Crippen molar-refractivity contribution in [1.29, 1.82) is 0 Å². The van der Waals surface area contributed by atoms with Gasteiger partial charge >= 0.3 is 0 Å². The smallest absolute Gasteiger partial charge is 0.286 e. The van der Waals surface area contributed by atoms with E-state index in [-0.39, 0.29) is 23.9 Å². The Kier molecular flexibility index (Phi) is 7.71. The molecule has 0 bridgehead atoms. The van der Waals surface area contributed by atoms with E-state index in [0.717, 1.165) is 22.4 Å². The molecule has 1 amide bonds. The summed E-state index contributed by atoms with van der Waals surface area (Å²) in [5, 5.41) is 5.61. The summed E-state index contributed by atoms with van der Waals surface area (Å²) in [6, 6.07) is 23.7. The highest BCUT2D eigenvalue weighted by atomic mass is 32.2. The Labute approximate surface area is 242 Å². The van der Waals surface area contributed by atoms with Crippen molar-refractivity contribution in [3.63, 3.8) is 0 Å². The number of rotatable bonds is 6. The fourth-order valence-corrected chi connectivity index (χ4v) is 5.84. The van der Waals surface area contributed by atoms with Gasteiger partial charge in [0.05, 0.1) is 22.8 Å². The van der Waals surface area contributed by atoms with E-state index in [1.165, 1.54) is 23.9 Å². The predicted octanol–water partition coefficient (Wildman–Crippen LogP) is 6.34. The first-order chi connectivity index (χ1) is 19.9. The molecule has 3 heterocycles. The van der Waals surface area contributed by atoms with Crippen LogP contribution in [0.15, 0.2) is 95.0 Å². The van der Waals surface area contributed by atoms with Crippen molar-refractivity contribution in [2.45, 2.75) is 32.7 Å². The van der Waals surface area contributed by atoms with Gasteiger partial charge in [0.25, 0.3) is 5.91 Å². The zero-order valence-electron chi connectivity index (χ0n) is 22.7. The van der Waals surface area contributed by atoms with Gasteiger partial charge in [0.1, 0.15) is 23.9 Å². The quantitative estimate of drug-likeness (QED) is 0.253. The van der Waals surface area contributed by atoms with Crippen LogP contribution in [0, 0.1) is 5.82 Å². The van der Waals surface area contributed by atoms with Crippen molar-refractivity contribution < 1.29 is 18.7 Å². The first-order valence-electron chi connectivity index (χ1n) is 13.5. The number of para-hydroxylation sites is 1. The topological polar surface area (TPSA) is 69.0 Å². The van der Waals surface area contributed by atoms with Gasteiger partial charge in [-0.25, -0.2) is 9.07 Å². The molecule has 1 saturated heterocycles. The second-order valence-corrected chi connectivity index (χ2v) is 11.1. The number of aromatic nitrogens is 2. The average molecular weight is 569 g/mol. The van der Waals surface area contributed by atoms with Gasteiger partial charge in [-0.1, -0.05) is 42.5 Å². The number of benzene rings is 3. The summed E-state index contributed by atoms with van der Waals surface area (Å²) in [6.07, 6.45) is 3.93. The Morgan fingerprint density at radius 3 is 2.54 bits per heavy atom. The molecule has 2 aliphatic rings. The second-order valence-electron chi connectivity index (χ2n) is 10.1. The minimum atomic E-state index is -0.281. The fraction of sp³-hybridized carbons (Fsp3) is 0.219. The maximum absolute atomic E-state index is 13.3. The molecule has 2 unspecified atom stereocenters. The van der Waals surface area contributed by atoms with E-state index >= 15 is 0 Å². The van der Waals surface area contributed by atoms with E-state index in [4.69, 9.17) is 14.6 Å². The van der Waals surface area contributed by atoms with Crippen LogP contribution in [0.25, 0.3) is 23.0 Å². The molecule has 6 rings (SSSR count). The minimum absolute atomic E-state index is 0.0680. The van der Waals surface area contributed by atoms with Gasteiger partial charge < -0.3 is 14.4 Å². The molecule has 2 aliphatic heterocycles. The Bertz CT molecular complexity index is 1610. The van der Waals surface area contributed by atoms with Crippen LogP contribution in [-0.4, -0.2) is 51.1 Å². The highest BCUT2D eigenvalue weighted by Gasteiger charge is 2.31. The van der Waals surface area contributed by atoms with Crippen LogP contribution in [0.2, 0.25) is 0 Å². The van der Waals surface area contributed by atoms with E-state index in [9.17, 15) is 9.18 Å². The van der Waals surface area contributed by atoms with Crippen molar-refractivity contribution in [3.05, 3.63) is 107 Å². The van der Waals surface area contributed by atoms with Crippen LogP contribution in [0.5, 0.6) is 5.75 Å². The summed E-state index contributed by atoms with van der Waals surface area (Å²) in [7, 11) is 0. The number of carbonyl (C=O) groups is 1. The highest BCUT2D eigenvalue weighted by Crippen LogP contribution is 2.35. The molecule has 7 nitrogen and oxygen atoms in total. The number of carbonyl (C=O) groups excluding carboxylic acids is 1. The van der Waals surface area contributed by atoms with Gasteiger partial charge in [0, 0.05) is 30.4 Å². The SMILES string of the molecule is CC1CN(C2=NC(=O)C(=Cc3cn(-c4ccccc4)nc3-c3cccc(OCc4ccc(F)cc4)c3)S2)CC(C)O1. The monoisotopic (exact) mass is 568 g/mol. The Balaban J connectivity index is 1.30. The molecule has 2 atom stereocenters.